The summed E-state index contributed by atoms with van der Waals surface area (Å²) >= 11 is 18.6. The number of carbonyl (C=O) groups excluding carboxylic acids is 4. The third kappa shape index (κ3) is 32.0. The number of carbonyl (C=O) groups is 6. The van der Waals surface area contributed by atoms with Gasteiger partial charge in [0.15, 0.2) is 35.6 Å². The van der Waals surface area contributed by atoms with Crippen molar-refractivity contribution in [3.8, 4) is 34.5 Å². The van der Waals surface area contributed by atoms with E-state index in [9.17, 15) is 98.6 Å². The number of carboxylic acid groups (broad SMARTS) is 2. The molecular formula is C99H109Cl3F9N5O22S3. The van der Waals surface area contributed by atoms with E-state index in [1.165, 1.54) is 173 Å². The van der Waals surface area contributed by atoms with Gasteiger partial charge < -0.3 is 73.9 Å². The predicted molar refractivity (Wildman–Crippen MR) is 516 cm³/mol. The van der Waals surface area contributed by atoms with Crippen LogP contribution in [0, 0.1) is 20.8 Å². The molecule has 2 aliphatic heterocycles. The summed E-state index contributed by atoms with van der Waals surface area (Å²) < 4.78 is 238. The molecule has 27 nitrogen and oxygen atoms in total. The number of amides is 2. The monoisotopic (exact) mass is 2090 g/mol. The fourth-order valence-corrected chi connectivity index (χ4v) is 17.9. The predicted octanol–water partition coefficient (Wildman–Crippen LogP) is 21.4. The van der Waals surface area contributed by atoms with E-state index in [2.05, 4.69) is 16.0 Å². The number of fused-ring (bicyclic) bond motifs is 3. The van der Waals surface area contributed by atoms with Crippen molar-refractivity contribution in [2.45, 2.75) is 195 Å². The summed E-state index contributed by atoms with van der Waals surface area (Å²) in [6.45, 7) is 15.2. The number of hydrogen-bond donors (Lipinski definition) is 5. The van der Waals surface area contributed by atoms with Gasteiger partial charge in [-0.3, -0.25) is 24.0 Å². The van der Waals surface area contributed by atoms with Crippen LogP contribution >= 0.6 is 34.8 Å². The van der Waals surface area contributed by atoms with E-state index in [0.717, 1.165) is 61.3 Å². The van der Waals surface area contributed by atoms with E-state index >= 15 is 0 Å². The van der Waals surface area contributed by atoms with Crippen molar-refractivity contribution in [3.63, 3.8) is 0 Å². The van der Waals surface area contributed by atoms with E-state index in [0.29, 0.717) is 41.0 Å². The van der Waals surface area contributed by atoms with Crippen molar-refractivity contribution in [2.24, 2.45) is 0 Å². The van der Waals surface area contributed by atoms with Gasteiger partial charge in [0.1, 0.15) is 57.8 Å². The number of nitrogens with zero attached hydrogens (tertiary/aromatic N) is 2. The van der Waals surface area contributed by atoms with Gasteiger partial charge in [0.2, 0.25) is 0 Å². The molecule has 0 aromatic heterocycles. The lowest BCUT2D eigenvalue weighted by Gasteiger charge is -2.28. The lowest BCUT2D eigenvalue weighted by molar-refractivity contribution is -0.156. The number of halogens is 12. The fourth-order valence-electron chi connectivity index (χ4n) is 15.4. The van der Waals surface area contributed by atoms with Crippen molar-refractivity contribution in [1.82, 2.24) is 0 Å². The first-order chi connectivity index (χ1) is 65.5. The molecule has 0 spiro atoms. The zero-order chi connectivity index (χ0) is 105. The molecule has 3 unspecified atom stereocenters. The van der Waals surface area contributed by atoms with Crippen LogP contribution < -0.4 is 54.2 Å². The molecular weight excluding hydrogens is 1980 g/mol. The number of anilines is 5. The number of alkyl halides is 9. The lowest BCUT2D eigenvalue weighted by atomic mass is 10.0. The van der Waals surface area contributed by atoms with Crippen LogP contribution in [0.25, 0.3) is 0 Å². The molecule has 0 radical (unpaired) electrons. The molecule has 2 heterocycles. The maximum atomic E-state index is 14.5. The number of rotatable bonds is 33. The van der Waals surface area contributed by atoms with Gasteiger partial charge in [-0.1, -0.05) is 71.2 Å². The van der Waals surface area contributed by atoms with Gasteiger partial charge in [0, 0.05) is 130 Å². The van der Waals surface area contributed by atoms with Crippen LogP contribution in [0.3, 0.4) is 0 Å². The number of ether oxygens (including phenoxy) is 8. The third-order valence-corrected chi connectivity index (χ3v) is 25.9. The van der Waals surface area contributed by atoms with Crippen LogP contribution in [-0.4, -0.2) is 155 Å². The van der Waals surface area contributed by atoms with Crippen molar-refractivity contribution < 1.29 is 142 Å². The van der Waals surface area contributed by atoms with Crippen LogP contribution in [0.5, 0.6) is 34.5 Å². The average molecular weight is 2090 g/mol. The Kier molecular flexibility index (Phi) is 37.5. The highest BCUT2D eigenvalue weighted by atomic mass is 35.5. The van der Waals surface area contributed by atoms with Gasteiger partial charge in [0.05, 0.1) is 72.5 Å². The lowest BCUT2D eigenvalue weighted by Crippen LogP contribution is -2.37. The number of aliphatic carboxylic acids is 2. The van der Waals surface area contributed by atoms with Crippen molar-refractivity contribution in [1.29, 1.82) is 0 Å². The normalized spacial score (nSPS) is 13.7. The number of aryl methyl sites for hydroxylation is 5. The van der Waals surface area contributed by atoms with Crippen LogP contribution in [0.4, 0.5) is 68.0 Å². The summed E-state index contributed by atoms with van der Waals surface area (Å²) in [7, 11) is -6.90. The second-order valence-corrected chi connectivity index (χ2v) is 42.8. The first kappa shape index (κ1) is 113. The molecule has 1 aliphatic carbocycles. The van der Waals surface area contributed by atoms with Crippen LogP contribution in [0.15, 0.2) is 160 Å². The van der Waals surface area contributed by atoms with E-state index < -0.39 is 124 Å². The Balaban J connectivity index is 0.000000222. The van der Waals surface area contributed by atoms with Crippen molar-refractivity contribution in [2.75, 3.05) is 98.8 Å². The number of carboxylic acids is 2. The third-order valence-electron chi connectivity index (χ3n) is 21.9. The highest BCUT2D eigenvalue weighted by Crippen LogP contribution is 2.46. The van der Waals surface area contributed by atoms with E-state index in [-0.39, 0.29) is 186 Å². The number of benzene rings is 9. The molecule has 764 valence electrons. The maximum Gasteiger partial charge on any atom is 0.416 e. The number of nitrogens with one attached hydrogen (secondary N) is 3. The molecule has 3 atom stereocenters. The number of hydrogen-bond acceptors (Lipinski definition) is 23. The summed E-state index contributed by atoms with van der Waals surface area (Å²) in [5, 5.41) is 28.7. The summed E-state index contributed by atoms with van der Waals surface area (Å²) in [6.07, 6.45) is -6.23. The molecule has 0 saturated heterocycles. The zero-order valence-corrected chi connectivity index (χ0v) is 84.3. The van der Waals surface area contributed by atoms with Gasteiger partial charge in [0.25, 0.3) is 11.8 Å². The summed E-state index contributed by atoms with van der Waals surface area (Å²) in [5.74, 6) is -3.12. The molecule has 0 bridgehead atoms. The summed E-state index contributed by atoms with van der Waals surface area (Å²) in [5.41, 5.74) is 1.77. The first-order valence-corrected chi connectivity index (χ1v) is 50.7. The summed E-state index contributed by atoms with van der Waals surface area (Å²) in [6, 6.07) is 29.9. The Labute approximate surface area is 826 Å². The second kappa shape index (κ2) is 46.9. The van der Waals surface area contributed by atoms with Gasteiger partial charge in [-0.05, 0) is 244 Å². The maximum absolute atomic E-state index is 14.5. The minimum Gasteiger partial charge on any atom is -0.497 e. The van der Waals surface area contributed by atoms with Crippen LogP contribution in [0.1, 0.15) is 177 Å². The zero-order valence-electron chi connectivity index (χ0n) is 79.6. The SMILES string of the molecule is COc1cc(NC(C(=O)N2CCc3cc(C)c(C(F)(F)F)cc32)c2ccc(Cl)cc2OCCCC(=O)O)cc(S(C)(=O)=O)c1.COc1cc(NC(C(=O)N2CCc3cc(C)c(C(F)(F)F)cc32)c2ccc(Cl)cc2OCCCC(=O)OC(C)(C)C)cc(S(C)(=O)=O)c1.COc1cc(NC(C(=O)O)c2ccc(Cl)cc2OCCCC(=O)OC(C)(C)C)cc(S(C)(=O)=O)c1.Cc1cc2c(cc1C(F)(F)F)CCC2. The smallest absolute Gasteiger partial charge is 0.416 e. The quantitative estimate of drug-likeness (QED) is 0.0145. The molecule has 141 heavy (non-hydrogen) atoms. The number of methoxy groups -OCH3 is 3. The largest absolute Gasteiger partial charge is 0.497 e. The Morgan fingerprint density at radius 2 is 0.695 bits per heavy atom. The van der Waals surface area contributed by atoms with Crippen molar-refractivity contribution in [3.05, 3.63) is 233 Å². The number of sulfone groups is 3. The van der Waals surface area contributed by atoms with Gasteiger partial charge in [-0.25, -0.2) is 30.0 Å². The van der Waals surface area contributed by atoms with E-state index in [1.807, 2.05) is 0 Å². The first-order valence-electron chi connectivity index (χ1n) is 43.9. The van der Waals surface area contributed by atoms with Gasteiger partial charge in [-0.2, -0.15) is 39.5 Å². The molecule has 9 aromatic carbocycles. The van der Waals surface area contributed by atoms with Crippen LogP contribution in [-0.2, 0) is 112 Å². The average Bonchev–Trinajstić information content (AvgIpc) is 1.67. The Morgan fingerprint density at radius 1 is 0.397 bits per heavy atom. The fraction of sp³-hybridized carbons (Fsp3) is 0.394. The Bertz CT molecular complexity index is 6500. The molecule has 9 aromatic rings. The molecule has 5 N–H and O–H groups in total. The molecule has 3 aliphatic rings. The minimum absolute atomic E-state index is 0.0291. The highest BCUT2D eigenvalue weighted by Gasteiger charge is 2.42. The summed E-state index contributed by atoms with van der Waals surface area (Å²) in [4.78, 5) is 78.4. The van der Waals surface area contributed by atoms with E-state index in [4.69, 9.17) is 77.8 Å². The van der Waals surface area contributed by atoms with Gasteiger partial charge >= 0.3 is 42.4 Å². The molecule has 12 rings (SSSR count). The number of esters is 2. The molecule has 2 amide bonds. The van der Waals surface area contributed by atoms with Crippen LogP contribution in [0.2, 0.25) is 15.1 Å². The standard InChI is InChI=1S/C34H38ClF3N2O7S.C30H30ClF3N2O7S.C24H30ClNO8S.C11H11F3/c1-20-14-21-11-12-40(28(21)19-27(20)34(36,37)38)32(42)31(39-23-16-24(45-5)18-25(17-23)48(6,43)44)26-10-9-22(35)15-29(26)46-13-7-8-30(41)47-33(2,3)4;1-17-11-18-8-9-36(25(18)16-24(17)30(32,33)34)29(39)28(35-20-13-21(42-2)15-22(14-20)44(3,40)41)23-7-6-19(31)12-26(23)43-10-4-5-27(37)38;1-24(2,3)34-21(27)7-6-10-33-20-11-15(25)8-9-19(20)22(23(28)29)26-16-12-17(32-4)14-18(13-16)35(5,30)31;1-7-5-8-3-2-4-9(8)6-10(7)11(12,13)14/h9-10,14-19,31,39H,7-8,11-13H2,1-6H3;6-7,11-16,28,35H,4-5,8-10H2,1-3H3,(H,37,38);8-9,11-14,22,26H,6-7,10H2,1-5H3,(H,28,29);5-6H,2-4H2,1H3. The Hall–Kier alpha value is -11.9. The topological polar surface area (TPSA) is 362 Å². The second-order valence-electron chi connectivity index (χ2n) is 35.4. The molecule has 42 heteroatoms. The van der Waals surface area contributed by atoms with Crippen molar-refractivity contribution >= 4 is 128 Å². The van der Waals surface area contributed by atoms with Gasteiger partial charge in [-0.15, -0.1) is 0 Å². The highest BCUT2D eigenvalue weighted by molar-refractivity contribution is 7.91. The molecule has 0 fully saturated rings. The molecule has 0 saturated carbocycles. The Morgan fingerprint density at radius 3 is 0.993 bits per heavy atom. The van der Waals surface area contributed by atoms with E-state index in [1.54, 1.807) is 53.7 Å². The minimum atomic E-state index is -4.64.